The topological polar surface area (TPSA) is 0 Å². The molecular formula is C28H50S. The lowest BCUT2D eigenvalue weighted by Gasteiger charge is -2.51. The number of thiol groups is 1. The lowest BCUT2D eigenvalue weighted by molar-refractivity contribution is -0.00647. The minimum Gasteiger partial charge on any atom is -0.176 e. The van der Waals surface area contributed by atoms with Crippen LogP contribution in [0, 0.1) is 40.9 Å². The average Bonchev–Trinajstić information content (AvgIpc) is 3.03. The number of hydrogen-bond acceptors (Lipinski definition) is 1. The van der Waals surface area contributed by atoms with Crippen LogP contribution in [-0.2, 0) is 0 Å². The zero-order valence-corrected chi connectivity index (χ0v) is 21.2. The van der Waals surface area contributed by atoms with Gasteiger partial charge in [-0.25, -0.2) is 0 Å². The van der Waals surface area contributed by atoms with Crippen molar-refractivity contribution < 1.29 is 0 Å². The summed E-state index contributed by atoms with van der Waals surface area (Å²) in [5.41, 5.74) is 2.39. The van der Waals surface area contributed by atoms with E-state index in [0.29, 0.717) is 10.7 Å². The van der Waals surface area contributed by atoms with Crippen molar-refractivity contribution in [1.29, 1.82) is 0 Å². The number of allylic oxidation sites excluding steroid dienone is 2. The highest BCUT2D eigenvalue weighted by Crippen LogP contribution is 2.63. The van der Waals surface area contributed by atoms with Crippen molar-refractivity contribution in [3.63, 3.8) is 0 Å². The van der Waals surface area contributed by atoms with E-state index in [1.54, 1.807) is 5.57 Å². The number of hydrogen-bond donors (Lipinski definition) is 1. The first-order valence-corrected chi connectivity index (χ1v) is 13.7. The second kappa shape index (κ2) is 10.6. The van der Waals surface area contributed by atoms with Crippen LogP contribution in [-0.4, -0.2) is 5.25 Å². The van der Waals surface area contributed by atoms with E-state index in [4.69, 9.17) is 12.6 Å². The minimum atomic E-state index is 0.592. The lowest BCUT2D eigenvalue weighted by Crippen LogP contribution is -2.43. The molecule has 0 aliphatic heterocycles. The van der Waals surface area contributed by atoms with Crippen LogP contribution in [0.2, 0.25) is 0 Å². The molecule has 0 N–H and O–H groups in total. The highest BCUT2D eigenvalue weighted by Gasteiger charge is 2.54. The van der Waals surface area contributed by atoms with E-state index in [1.165, 1.54) is 83.5 Å². The van der Waals surface area contributed by atoms with Crippen molar-refractivity contribution in [2.24, 2.45) is 40.9 Å². The molecule has 0 amide bonds. The molecule has 0 aromatic heterocycles. The summed E-state index contributed by atoms with van der Waals surface area (Å²) in [6.07, 6.45) is 21.0. The van der Waals surface area contributed by atoms with Gasteiger partial charge in [0.2, 0.25) is 0 Å². The minimum absolute atomic E-state index is 0.592. The van der Waals surface area contributed by atoms with Crippen molar-refractivity contribution in [2.75, 3.05) is 0 Å². The Kier molecular flexibility index (Phi) is 8.68. The number of rotatable bonds is 10. The van der Waals surface area contributed by atoms with E-state index in [2.05, 4.69) is 40.7 Å². The molecule has 168 valence electrons. The third-order valence-electron chi connectivity index (χ3n) is 9.38. The monoisotopic (exact) mass is 418 g/mol. The van der Waals surface area contributed by atoms with Gasteiger partial charge in [0.25, 0.3) is 0 Å². The molecule has 3 rings (SSSR count). The predicted octanol–water partition coefficient (Wildman–Crippen LogP) is 9.11. The Hall–Kier alpha value is 0.0900. The van der Waals surface area contributed by atoms with Crippen LogP contribution < -0.4 is 0 Å². The van der Waals surface area contributed by atoms with Crippen molar-refractivity contribution in [1.82, 2.24) is 0 Å². The Morgan fingerprint density at radius 2 is 1.86 bits per heavy atom. The summed E-state index contributed by atoms with van der Waals surface area (Å²) in [7, 11) is 0. The van der Waals surface area contributed by atoms with Gasteiger partial charge in [-0.05, 0) is 92.3 Å². The smallest absolute Gasteiger partial charge is 0.00539 e. The first kappa shape index (κ1) is 23.7. The van der Waals surface area contributed by atoms with Gasteiger partial charge in [-0.2, -0.15) is 12.6 Å². The standard InChI is InChI=1S/C28H50S/c1-6-7-11-24(29)19-22-12-13-25-23(18-22)16-17-28(5)26(14-15-27(25)28)21(4)10-8-9-20(2)3/h12,20-21,23-27,29H,6-11,13-19H2,1-5H3/t21-,23-,24+,25-,26-,27+,28-/m1/s1. The van der Waals surface area contributed by atoms with Crippen LogP contribution in [0.5, 0.6) is 0 Å². The first-order chi connectivity index (χ1) is 13.8. The fourth-order valence-electron chi connectivity index (χ4n) is 7.73. The van der Waals surface area contributed by atoms with Gasteiger partial charge in [-0.1, -0.05) is 78.4 Å². The van der Waals surface area contributed by atoms with Gasteiger partial charge >= 0.3 is 0 Å². The summed E-state index contributed by atoms with van der Waals surface area (Å²) in [5, 5.41) is 0.592. The summed E-state index contributed by atoms with van der Waals surface area (Å²) < 4.78 is 0. The largest absolute Gasteiger partial charge is 0.176 e. The van der Waals surface area contributed by atoms with Gasteiger partial charge in [0, 0.05) is 5.25 Å². The summed E-state index contributed by atoms with van der Waals surface area (Å²) in [6, 6.07) is 0. The Morgan fingerprint density at radius 3 is 2.59 bits per heavy atom. The van der Waals surface area contributed by atoms with E-state index >= 15 is 0 Å². The fourth-order valence-corrected chi connectivity index (χ4v) is 8.15. The van der Waals surface area contributed by atoms with E-state index in [-0.39, 0.29) is 0 Å². The van der Waals surface area contributed by atoms with Gasteiger partial charge in [0.15, 0.2) is 0 Å². The predicted molar refractivity (Wildman–Crippen MR) is 133 cm³/mol. The molecule has 0 aromatic carbocycles. The Labute approximate surface area is 188 Å². The molecule has 3 aliphatic carbocycles. The lowest BCUT2D eigenvalue weighted by atomic mass is 9.54. The van der Waals surface area contributed by atoms with Crippen LogP contribution in [0.1, 0.15) is 118 Å². The van der Waals surface area contributed by atoms with E-state index in [9.17, 15) is 0 Å². The van der Waals surface area contributed by atoms with Gasteiger partial charge in [0.05, 0.1) is 0 Å². The van der Waals surface area contributed by atoms with Crippen molar-refractivity contribution >= 4 is 12.6 Å². The van der Waals surface area contributed by atoms with E-state index in [0.717, 1.165) is 35.5 Å². The van der Waals surface area contributed by atoms with Crippen molar-refractivity contribution in [3.05, 3.63) is 11.6 Å². The summed E-state index contributed by atoms with van der Waals surface area (Å²) in [4.78, 5) is 0. The highest BCUT2D eigenvalue weighted by atomic mass is 32.1. The van der Waals surface area contributed by atoms with Crippen LogP contribution in [0.15, 0.2) is 11.6 Å². The maximum absolute atomic E-state index is 4.90. The zero-order valence-electron chi connectivity index (χ0n) is 20.3. The molecule has 7 atom stereocenters. The Morgan fingerprint density at radius 1 is 1.07 bits per heavy atom. The molecule has 0 bridgehead atoms. The highest BCUT2D eigenvalue weighted by molar-refractivity contribution is 7.80. The van der Waals surface area contributed by atoms with Gasteiger partial charge < -0.3 is 0 Å². The third-order valence-corrected chi connectivity index (χ3v) is 9.82. The quantitative estimate of drug-likeness (QED) is 0.265. The molecular weight excluding hydrogens is 368 g/mol. The van der Waals surface area contributed by atoms with Crippen LogP contribution in [0.4, 0.5) is 0 Å². The molecule has 0 spiro atoms. The normalized spacial score (nSPS) is 36.4. The summed E-state index contributed by atoms with van der Waals surface area (Å²) in [5.74, 6) is 5.75. The van der Waals surface area contributed by atoms with Gasteiger partial charge in [-0.15, -0.1) is 0 Å². The molecule has 0 heterocycles. The average molecular weight is 419 g/mol. The summed E-state index contributed by atoms with van der Waals surface area (Å²) >= 11 is 4.90. The fraction of sp³-hybridized carbons (Fsp3) is 0.929. The van der Waals surface area contributed by atoms with Crippen molar-refractivity contribution in [2.45, 2.75) is 123 Å². The van der Waals surface area contributed by atoms with Crippen LogP contribution >= 0.6 is 12.6 Å². The third kappa shape index (κ3) is 5.67. The Bertz CT molecular complexity index is 534. The maximum Gasteiger partial charge on any atom is 0.00539 e. The van der Waals surface area contributed by atoms with Gasteiger partial charge in [-0.3, -0.25) is 0 Å². The molecule has 2 fully saturated rings. The molecule has 0 aromatic rings. The maximum atomic E-state index is 4.90. The number of unbranched alkanes of at least 4 members (excludes halogenated alkanes) is 1. The molecule has 2 saturated carbocycles. The molecule has 0 saturated heterocycles. The summed E-state index contributed by atoms with van der Waals surface area (Å²) in [6.45, 7) is 12.3. The zero-order chi connectivity index (χ0) is 21.0. The second-order valence-corrected chi connectivity index (χ2v) is 12.6. The molecule has 1 heteroatoms. The van der Waals surface area contributed by atoms with Crippen molar-refractivity contribution in [3.8, 4) is 0 Å². The van der Waals surface area contributed by atoms with E-state index < -0.39 is 0 Å². The van der Waals surface area contributed by atoms with Crippen LogP contribution in [0.3, 0.4) is 0 Å². The molecule has 3 aliphatic rings. The number of fused-ring (bicyclic) bond motifs is 3. The van der Waals surface area contributed by atoms with Crippen LogP contribution in [0.25, 0.3) is 0 Å². The molecule has 0 nitrogen and oxygen atoms in total. The molecule has 0 unspecified atom stereocenters. The van der Waals surface area contributed by atoms with Gasteiger partial charge in [0.1, 0.15) is 0 Å². The molecule has 0 radical (unpaired) electrons. The first-order valence-electron chi connectivity index (χ1n) is 13.2. The van der Waals surface area contributed by atoms with E-state index in [1.807, 2.05) is 0 Å². The molecule has 29 heavy (non-hydrogen) atoms. The second-order valence-electron chi connectivity index (χ2n) is 11.9. The Balaban J connectivity index is 1.58. The SMILES string of the molecule is CCCC[C@H](S)CC1=CC[C@@H]2[C@H](CC[C@]3(C)[C@@H]([C@H](C)CCCC(C)C)CC[C@@H]23)C1.